The van der Waals surface area contributed by atoms with Gasteiger partial charge in [0.15, 0.2) is 11.5 Å². The lowest BCUT2D eigenvalue weighted by molar-refractivity contribution is 0.0948. The van der Waals surface area contributed by atoms with Gasteiger partial charge >= 0.3 is 0 Å². The van der Waals surface area contributed by atoms with Gasteiger partial charge < -0.3 is 20.5 Å². The Morgan fingerprint density at radius 3 is 2.65 bits per heavy atom. The van der Waals surface area contributed by atoms with E-state index < -0.39 is 0 Å². The van der Waals surface area contributed by atoms with E-state index in [0.717, 1.165) is 12.8 Å². The summed E-state index contributed by atoms with van der Waals surface area (Å²) in [5.41, 5.74) is 6.12. The van der Waals surface area contributed by atoms with Crippen LogP contribution in [0.2, 0.25) is 0 Å². The molecule has 1 aliphatic rings. The Kier molecular flexibility index (Phi) is 8.20. The van der Waals surface area contributed by atoms with Gasteiger partial charge in [-0.3, -0.25) is 4.79 Å². The molecule has 1 amide bonds. The second-order valence-electron chi connectivity index (χ2n) is 5.94. The van der Waals surface area contributed by atoms with Crippen molar-refractivity contribution in [3.8, 4) is 11.5 Å². The molecule has 1 aliphatic carbocycles. The summed E-state index contributed by atoms with van der Waals surface area (Å²) in [6.07, 6.45) is 4.86. The highest BCUT2D eigenvalue weighted by molar-refractivity contribution is 5.94. The van der Waals surface area contributed by atoms with Gasteiger partial charge in [0, 0.05) is 12.1 Å². The van der Waals surface area contributed by atoms with Crippen LogP contribution in [0.1, 0.15) is 43.0 Å². The molecule has 0 aliphatic heterocycles. The molecule has 6 heteroatoms. The average molecular weight is 343 g/mol. The first kappa shape index (κ1) is 19.6. The van der Waals surface area contributed by atoms with Crippen LogP contribution in [-0.2, 0) is 0 Å². The summed E-state index contributed by atoms with van der Waals surface area (Å²) >= 11 is 0. The molecule has 1 atom stereocenters. The van der Waals surface area contributed by atoms with Crippen LogP contribution in [0.3, 0.4) is 0 Å². The Balaban J connectivity index is 0.00000264. The summed E-state index contributed by atoms with van der Waals surface area (Å²) in [6, 6.07) is 5.32. The van der Waals surface area contributed by atoms with Gasteiger partial charge in [0.25, 0.3) is 5.91 Å². The van der Waals surface area contributed by atoms with Crippen molar-refractivity contribution in [1.29, 1.82) is 0 Å². The van der Waals surface area contributed by atoms with E-state index in [1.165, 1.54) is 12.8 Å². The van der Waals surface area contributed by atoms with Gasteiger partial charge in [-0.15, -0.1) is 12.4 Å². The molecule has 3 N–H and O–H groups in total. The zero-order valence-corrected chi connectivity index (χ0v) is 14.7. The first-order valence-electron chi connectivity index (χ1n) is 7.97. The fraction of sp³-hybridized carbons (Fsp3) is 0.588. The van der Waals surface area contributed by atoms with Gasteiger partial charge in [-0.05, 0) is 56.3 Å². The number of nitrogens with two attached hydrogens (primary N) is 1. The molecule has 23 heavy (non-hydrogen) atoms. The summed E-state index contributed by atoms with van der Waals surface area (Å²) in [5, 5.41) is 2.88. The molecule has 1 saturated carbocycles. The number of carbonyl (C=O) groups is 1. The number of hydrogen-bond acceptors (Lipinski definition) is 4. The third-order valence-electron chi connectivity index (χ3n) is 4.04. The number of amides is 1. The summed E-state index contributed by atoms with van der Waals surface area (Å²) in [5.74, 6) is 1.45. The van der Waals surface area contributed by atoms with E-state index in [1.807, 2.05) is 13.0 Å². The second kappa shape index (κ2) is 9.63. The van der Waals surface area contributed by atoms with E-state index in [1.54, 1.807) is 19.2 Å². The lowest BCUT2D eigenvalue weighted by Crippen LogP contribution is -2.31. The van der Waals surface area contributed by atoms with Crippen LogP contribution in [0.15, 0.2) is 18.2 Å². The van der Waals surface area contributed by atoms with Crippen molar-refractivity contribution in [3.05, 3.63) is 23.8 Å². The van der Waals surface area contributed by atoms with E-state index in [2.05, 4.69) is 5.32 Å². The largest absolute Gasteiger partial charge is 0.493 e. The molecule has 1 aromatic rings. The summed E-state index contributed by atoms with van der Waals surface area (Å²) in [7, 11) is 1.59. The number of methoxy groups -OCH3 is 1. The van der Waals surface area contributed by atoms with Gasteiger partial charge in [-0.2, -0.15) is 0 Å². The number of ether oxygens (including phenoxy) is 2. The monoisotopic (exact) mass is 342 g/mol. The lowest BCUT2D eigenvalue weighted by atomic mass is 10.1. The zero-order chi connectivity index (χ0) is 15.9. The van der Waals surface area contributed by atoms with Gasteiger partial charge in [0.05, 0.1) is 13.2 Å². The molecule has 1 fully saturated rings. The van der Waals surface area contributed by atoms with Gasteiger partial charge in [-0.1, -0.05) is 6.92 Å². The quantitative estimate of drug-likeness (QED) is 0.799. The van der Waals surface area contributed by atoms with E-state index in [4.69, 9.17) is 15.2 Å². The second-order valence-corrected chi connectivity index (χ2v) is 5.94. The molecule has 130 valence electrons. The third kappa shape index (κ3) is 5.59. The van der Waals surface area contributed by atoms with E-state index in [9.17, 15) is 4.79 Å². The van der Waals surface area contributed by atoms with Crippen LogP contribution >= 0.6 is 12.4 Å². The Bertz CT molecular complexity index is 505. The molecule has 1 aromatic carbocycles. The fourth-order valence-electron chi connectivity index (χ4n) is 2.54. The third-order valence-corrected chi connectivity index (χ3v) is 4.04. The van der Waals surface area contributed by atoms with Gasteiger partial charge in [0.2, 0.25) is 0 Å². The van der Waals surface area contributed by atoms with Crippen molar-refractivity contribution >= 4 is 18.3 Å². The number of benzene rings is 1. The lowest BCUT2D eigenvalue weighted by Gasteiger charge is -2.17. The maximum Gasteiger partial charge on any atom is 0.251 e. The molecule has 2 rings (SSSR count). The zero-order valence-electron chi connectivity index (χ0n) is 13.8. The predicted molar refractivity (Wildman–Crippen MR) is 93.7 cm³/mol. The standard InChI is InChI=1S/C17H26N2O3.ClH/c1-12(10-18)11-19-17(20)13-7-8-15(16(9-13)21-2)22-14-5-3-4-6-14;/h7-9,12,14H,3-6,10-11,18H2,1-2H3,(H,19,20);1H. The first-order valence-corrected chi connectivity index (χ1v) is 7.97. The predicted octanol–water partition coefficient (Wildman–Crippen LogP) is 2.76. The molecule has 0 bridgehead atoms. The molecule has 5 nitrogen and oxygen atoms in total. The number of hydrogen-bond donors (Lipinski definition) is 2. The van der Waals surface area contributed by atoms with Crippen LogP contribution in [0, 0.1) is 5.92 Å². The Hall–Kier alpha value is -1.46. The van der Waals surface area contributed by atoms with Crippen molar-refractivity contribution in [2.45, 2.75) is 38.7 Å². The maximum atomic E-state index is 12.1. The number of carbonyl (C=O) groups excluding carboxylic acids is 1. The molecule has 0 saturated heterocycles. The highest BCUT2D eigenvalue weighted by Crippen LogP contribution is 2.32. The van der Waals surface area contributed by atoms with Gasteiger partial charge in [-0.25, -0.2) is 0 Å². The molecule has 1 unspecified atom stereocenters. The normalized spacial score (nSPS) is 15.6. The van der Waals surface area contributed by atoms with Crippen molar-refractivity contribution in [3.63, 3.8) is 0 Å². The van der Waals surface area contributed by atoms with Crippen LogP contribution in [-0.4, -0.2) is 32.2 Å². The Morgan fingerprint density at radius 2 is 2.04 bits per heavy atom. The molecule has 0 heterocycles. The molecule has 0 radical (unpaired) electrons. The van der Waals surface area contributed by atoms with Crippen LogP contribution in [0.25, 0.3) is 0 Å². The van der Waals surface area contributed by atoms with Crippen LogP contribution in [0.5, 0.6) is 11.5 Å². The Morgan fingerprint density at radius 1 is 1.35 bits per heavy atom. The van der Waals surface area contributed by atoms with Gasteiger partial charge in [0.1, 0.15) is 0 Å². The van der Waals surface area contributed by atoms with Crippen molar-refractivity contribution in [2.24, 2.45) is 11.7 Å². The van der Waals surface area contributed by atoms with Crippen molar-refractivity contribution in [2.75, 3.05) is 20.2 Å². The minimum atomic E-state index is -0.119. The molecule has 0 aromatic heterocycles. The number of halogens is 1. The van der Waals surface area contributed by atoms with E-state index >= 15 is 0 Å². The van der Waals surface area contributed by atoms with Crippen molar-refractivity contribution < 1.29 is 14.3 Å². The molecule has 0 spiro atoms. The minimum Gasteiger partial charge on any atom is -0.493 e. The smallest absolute Gasteiger partial charge is 0.251 e. The van der Waals surface area contributed by atoms with Crippen LogP contribution in [0.4, 0.5) is 0 Å². The maximum absolute atomic E-state index is 12.1. The Labute approximate surface area is 144 Å². The highest BCUT2D eigenvalue weighted by Gasteiger charge is 2.19. The summed E-state index contributed by atoms with van der Waals surface area (Å²) in [6.45, 7) is 3.12. The van der Waals surface area contributed by atoms with Crippen LogP contribution < -0.4 is 20.5 Å². The summed E-state index contributed by atoms with van der Waals surface area (Å²) in [4.78, 5) is 12.1. The minimum absolute atomic E-state index is 0. The highest BCUT2D eigenvalue weighted by atomic mass is 35.5. The fourth-order valence-corrected chi connectivity index (χ4v) is 2.54. The topological polar surface area (TPSA) is 73.6 Å². The van der Waals surface area contributed by atoms with E-state index in [-0.39, 0.29) is 30.3 Å². The average Bonchev–Trinajstić information content (AvgIpc) is 3.05. The summed E-state index contributed by atoms with van der Waals surface area (Å²) < 4.78 is 11.3. The SMILES string of the molecule is COc1cc(C(=O)NCC(C)CN)ccc1OC1CCCC1.Cl. The molecular weight excluding hydrogens is 316 g/mol. The molecular formula is C17H27ClN2O3. The first-order chi connectivity index (χ1) is 10.6. The number of nitrogens with one attached hydrogen (secondary N) is 1. The number of rotatable bonds is 7. The van der Waals surface area contributed by atoms with E-state index in [0.29, 0.717) is 30.2 Å². The van der Waals surface area contributed by atoms with Crippen molar-refractivity contribution in [1.82, 2.24) is 5.32 Å².